The lowest BCUT2D eigenvalue weighted by atomic mass is 10.1. The number of hydrogen-bond donors (Lipinski definition) is 1. The Kier molecular flexibility index (Phi) is 2.17. The van der Waals surface area contributed by atoms with Crippen LogP contribution in [0.1, 0.15) is 25.7 Å². The minimum atomic E-state index is -0.220. The van der Waals surface area contributed by atoms with Gasteiger partial charge >= 0.3 is 0 Å². The maximum absolute atomic E-state index is 10.8. The molecule has 3 heteroatoms. The van der Waals surface area contributed by atoms with Gasteiger partial charge in [-0.3, -0.25) is 9.59 Å². The van der Waals surface area contributed by atoms with Gasteiger partial charge in [-0.25, -0.2) is 0 Å². The Morgan fingerprint density at radius 2 is 1.50 bits per heavy atom. The van der Waals surface area contributed by atoms with E-state index in [-0.39, 0.29) is 17.6 Å². The average Bonchev–Trinajstić information content (AvgIpc) is 1.93. The molecular weight excluding hydrogens is 130 g/mol. The van der Waals surface area contributed by atoms with E-state index in [1.807, 2.05) is 0 Å². The summed E-state index contributed by atoms with van der Waals surface area (Å²) in [5.74, 6) is 0.247. The Hall–Kier alpha value is -0.700. The first-order chi connectivity index (χ1) is 4.68. The zero-order valence-electron chi connectivity index (χ0n) is 5.80. The molecule has 0 atom stereocenters. The number of rotatable bonds is 0. The Morgan fingerprint density at radius 1 is 1.10 bits per heavy atom. The number of hydrogen-bond acceptors (Lipinski definition) is 3. The molecule has 2 N–H and O–H groups in total. The van der Waals surface area contributed by atoms with E-state index in [1.54, 1.807) is 0 Å². The summed E-state index contributed by atoms with van der Waals surface area (Å²) in [7, 11) is 0. The lowest BCUT2D eigenvalue weighted by Gasteiger charge is -2.02. The minimum absolute atomic E-state index is 0.123. The molecular formula is C7H11NO2. The van der Waals surface area contributed by atoms with E-state index >= 15 is 0 Å². The highest BCUT2D eigenvalue weighted by Gasteiger charge is 2.18. The molecule has 0 amide bonds. The van der Waals surface area contributed by atoms with Crippen molar-refractivity contribution >= 4 is 11.6 Å². The number of nitrogens with two attached hydrogens (primary N) is 1. The largest absolute Gasteiger partial charge is 0.327 e. The molecule has 0 radical (unpaired) electrons. The third-order valence-corrected chi connectivity index (χ3v) is 1.66. The highest BCUT2D eigenvalue weighted by molar-refractivity contribution is 5.89. The van der Waals surface area contributed by atoms with Crippen molar-refractivity contribution in [2.45, 2.75) is 31.7 Å². The fourth-order valence-corrected chi connectivity index (χ4v) is 1.14. The fourth-order valence-electron chi connectivity index (χ4n) is 1.14. The molecule has 56 valence electrons. The van der Waals surface area contributed by atoms with E-state index in [9.17, 15) is 9.59 Å². The number of carbonyl (C=O) groups excluding carboxylic acids is 2. The topological polar surface area (TPSA) is 60.2 Å². The van der Waals surface area contributed by atoms with E-state index in [1.165, 1.54) is 0 Å². The van der Waals surface area contributed by atoms with Gasteiger partial charge in [0.1, 0.15) is 11.6 Å². The highest BCUT2D eigenvalue weighted by atomic mass is 16.1. The second-order valence-electron chi connectivity index (χ2n) is 2.75. The van der Waals surface area contributed by atoms with Crippen molar-refractivity contribution in [1.29, 1.82) is 0 Å². The van der Waals surface area contributed by atoms with Gasteiger partial charge in [0, 0.05) is 31.7 Å². The van der Waals surface area contributed by atoms with Crippen molar-refractivity contribution in [3.05, 3.63) is 0 Å². The number of ketones is 2. The molecule has 0 aliphatic heterocycles. The van der Waals surface area contributed by atoms with Crippen LogP contribution in [0.2, 0.25) is 0 Å². The summed E-state index contributed by atoms with van der Waals surface area (Å²) in [5, 5.41) is 0. The average molecular weight is 141 g/mol. The Labute approximate surface area is 59.6 Å². The van der Waals surface area contributed by atoms with Gasteiger partial charge in [-0.05, 0) is 0 Å². The van der Waals surface area contributed by atoms with Crippen molar-refractivity contribution in [3.8, 4) is 0 Å². The zero-order chi connectivity index (χ0) is 7.56. The van der Waals surface area contributed by atoms with E-state index in [4.69, 9.17) is 5.73 Å². The predicted octanol–water partition coefficient (Wildman–Crippen LogP) is 0.0259. The van der Waals surface area contributed by atoms with Crippen LogP contribution in [0.5, 0.6) is 0 Å². The molecule has 0 aromatic rings. The highest BCUT2D eigenvalue weighted by Crippen LogP contribution is 2.09. The monoisotopic (exact) mass is 141 g/mol. The maximum Gasteiger partial charge on any atom is 0.134 e. The van der Waals surface area contributed by atoms with Crippen molar-refractivity contribution < 1.29 is 9.59 Å². The van der Waals surface area contributed by atoms with Crippen LogP contribution in [-0.4, -0.2) is 17.6 Å². The summed E-state index contributed by atoms with van der Waals surface area (Å²) in [5.41, 5.74) is 5.47. The summed E-state index contributed by atoms with van der Waals surface area (Å²) in [6.07, 6.45) is 1.55. The van der Waals surface area contributed by atoms with Crippen LogP contribution in [0.15, 0.2) is 0 Å². The van der Waals surface area contributed by atoms with Gasteiger partial charge in [0.15, 0.2) is 0 Å². The fraction of sp³-hybridized carbons (Fsp3) is 0.714. The molecule has 0 bridgehead atoms. The van der Waals surface area contributed by atoms with Crippen LogP contribution >= 0.6 is 0 Å². The minimum Gasteiger partial charge on any atom is -0.327 e. The molecule has 1 aliphatic rings. The first-order valence-corrected chi connectivity index (χ1v) is 3.47. The van der Waals surface area contributed by atoms with E-state index in [0.717, 1.165) is 0 Å². The molecule has 10 heavy (non-hydrogen) atoms. The van der Waals surface area contributed by atoms with Crippen LogP contribution in [-0.2, 0) is 9.59 Å². The smallest absolute Gasteiger partial charge is 0.134 e. The van der Waals surface area contributed by atoms with Gasteiger partial charge in [0.05, 0.1) is 0 Å². The second-order valence-corrected chi connectivity index (χ2v) is 2.75. The Morgan fingerprint density at radius 3 is 1.90 bits per heavy atom. The first kappa shape index (κ1) is 7.41. The molecule has 1 saturated carbocycles. The van der Waals surface area contributed by atoms with Crippen LogP contribution in [0.3, 0.4) is 0 Å². The van der Waals surface area contributed by atoms with Crippen molar-refractivity contribution in [1.82, 2.24) is 0 Å². The van der Waals surface area contributed by atoms with Gasteiger partial charge < -0.3 is 5.73 Å². The molecule has 0 heterocycles. The Balaban J connectivity index is 2.54. The third kappa shape index (κ3) is 1.92. The standard InChI is InChI=1S/C7H11NO2/c8-5-3-6(9)1-2-7(10)4-5/h5H,1-4,8H2. The summed E-state index contributed by atoms with van der Waals surface area (Å²) in [6.45, 7) is 0. The van der Waals surface area contributed by atoms with E-state index < -0.39 is 0 Å². The molecule has 0 aromatic carbocycles. The summed E-state index contributed by atoms with van der Waals surface area (Å²) >= 11 is 0. The molecule has 3 nitrogen and oxygen atoms in total. The van der Waals surface area contributed by atoms with Crippen LogP contribution in [0, 0.1) is 0 Å². The normalized spacial score (nSPS) is 22.9. The summed E-state index contributed by atoms with van der Waals surface area (Å²) in [6, 6.07) is -0.220. The van der Waals surface area contributed by atoms with E-state index in [0.29, 0.717) is 25.7 Å². The molecule has 0 aromatic heterocycles. The lowest BCUT2D eigenvalue weighted by Crippen LogP contribution is -2.23. The number of carbonyl (C=O) groups is 2. The predicted molar refractivity (Wildman–Crippen MR) is 36.5 cm³/mol. The van der Waals surface area contributed by atoms with Gasteiger partial charge in [-0.2, -0.15) is 0 Å². The molecule has 0 spiro atoms. The van der Waals surface area contributed by atoms with Crippen LogP contribution in [0.4, 0.5) is 0 Å². The van der Waals surface area contributed by atoms with Crippen molar-refractivity contribution in [3.63, 3.8) is 0 Å². The van der Waals surface area contributed by atoms with Gasteiger partial charge in [0.25, 0.3) is 0 Å². The number of Topliss-reactive ketones (excluding diaryl/α,β-unsaturated/α-hetero) is 2. The third-order valence-electron chi connectivity index (χ3n) is 1.66. The Bertz CT molecular complexity index is 147. The van der Waals surface area contributed by atoms with Gasteiger partial charge in [-0.1, -0.05) is 0 Å². The summed E-state index contributed by atoms with van der Waals surface area (Å²) < 4.78 is 0. The van der Waals surface area contributed by atoms with Crippen LogP contribution in [0.25, 0.3) is 0 Å². The lowest BCUT2D eigenvalue weighted by molar-refractivity contribution is -0.122. The molecule has 1 fully saturated rings. The molecule has 1 rings (SSSR count). The molecule has 0 saturated heterocycles. The van der Waals surface area contributed by atoms with Gasteiger partial charge in [0.2, 0.25) is 0 Å². The molecule has 0 unspecified atom stereocenters. The van der Waals surface area contributed by atoms with E-state index in [2.05, 4.69) is 0 Å². The second kappa shape index (κ2) is 2.92. The zero-order valence-corrected chi connectivity index (χ0v) is 5.80. The van der Waals surface area contributed by atoms with Crippen molar-refractivity contribution in [2.24, 2.45) is 5.73 Å². The summed E-state index contributed by atoms with van der Waals surface area (Å²) in [4.78, 5) is 21.6. The van der Waals surface area contributed by atoms with Crippen LogP contribution < -0.4 is 5.73 Å². The SMILES string of the molecule is NC1CC(=O)CCC(=O)C1. The maximum atomic E-state index is 10.8. The first-order valence-electron chi connectivity index (χ1n) is 3.47. The quantitative estimate of drug-likeness (QED) is 0.484. The van der Waals surface area contributed by atoms with Gasteiger partial charge in [-0.15, -0.1) is 0 Å². The van der Waals surface area contributed by atoms with Crippen molar-refractivity contribution in [2.75, 3.05) is 0 Å². The molecule has 1 aliphatic carbocycles.